The highest BCUT2D eigenvalue weighted by Crippen LogP contribution is 2.25. The molecule has 0 saturated heterocycles. The lowest BCUT2D eigenvalue weighted by Crippen LogP contribution is -1.88. The van der Waals surface area contributed by atoms with E-state index in [4.69, 9.17) is 10.2 Å². The van der Waals surface area contributed by atoms with Crippen molar-refractivity contribution in [2.45, 2.75) is 17.6 Å². The van der Waals surface area contributed by atoms with Crippen molar-refractivity contribution in [3.05, 3.63) is 47.9 Å². The first-order chi connectivity index (χ1) is 7.25. The quantitative estimate of drug-likeness (QED) is 0.634. The van der Waals surface area contributed by atoms with E-state index >= 15 is 0 Å². The molecule has 0 fully saturated rings. The van der Waals surface area contributed by atoms with Gasteiger partial charge in [-0.05, 0) is 42.8 Å². The molecule has 2 N–H and O–H groups in total. The van der Waals surface area contributed by atoms with Crippen LogP contribution in [0.15, 0.2) is 45.9 Å². The monoisotopic (exact) mass is 219 g/mol. The maximum Gasteiger partial charge on any atom is 0.113 e. The Bertz CT molecular complexity index is 437. The van der Waals surface area contributed by atoms with Crippen molar-refractivity contribution >= 4 is 17.4 Å². The van der Waals surface area contributed by atoms with Gasteiger partial charge < -0.3 is 10.2 Å². The summed E-state index contributed by atoms with van der Waals surface area (Å²) < 4.78 is 5.26. The van der Waals surface area contributed by atoms with E-state index < -0.39 is 0 Å². The fourth-order valence-electron chi connectivity index (χ4n) is 1.29. The fourth-order valence-corrected chi connectivity index (χ4v) is 2.18. The minimum absolute atomic E-state index is 0.845. The Hall–Kier alpha value is -1.35. The van der Waals surface area contributed by atoms with Crippen LogP contribution in [-0.2, 0) is 5.75 Å². The van der Waals surface area contributed by atoms with Gasteiger partial charge in [0.05, 0.1) is 12.0 Å². The van der Waals surface area contributed by atoms with Gasteiger partial charge in [0.25, 0.3) is 0 Å². The molecule has 0 aliphatic carbocycles. The molecule has 0 radical (unpaired) electrons. The molecule has 0 aliphatic heterocycles. The number of thioether (sulfide) groups is 1. The number of furan rings is 1. The van der Waals surface area contributed by atoms with Gasteiger partial charge in [-0.1, -0.05) is 0 Å². The standard InChI is InChI=1S/C12H13NOS/c1-9-7-11(4-5-12(9)13)15-8-10-3-2-6-14-10/h2-7H,8,13H2,1H3. The van der Waals surface area contributed by atoms with Crippen LogP contribution in [0.3, 0.4) is 0 Å². The van der Waals surface area contributed by atoms with Crippen LogP contribution in [0.2, 0.25) is 0 Å². The molecule has 0 saturated carbocycles. The van der Waals surface area contributed by atoms with Crippen LogP contribution >= 0.6 is 11.8 Å². The van der Waals surface area contributed by atoms with Gasteiger partial charge >= 0.3 is 0 Å². The summed E-state index contributed by atoms with van der Waals surface area (Å²) >= 11 is 1.75. The van der Waals surface area contributed by atoms with Gasteiger partial charge in [0.2, 0.25) is 0 Å². The summed E-state index contributed by atoms with van der Waals surface area (Å²) in [5.74, 6) is 1.85. The molecule has 2 rings (SSSR count). The Labute approximate surface area is 93.5 Å². The molecular formula is C12H13NOS. The summed E-state index contributed by atoms with van der Waals surface area (Å²) in [5, 5.41) is 0. The van der Waals surface area contributed by atoms with E-state index in [9.17, 15) is 0 Å². The maximum absolute atomic E-state index is 5.75. The second kappa shape index (κ2) is 4.45. The lowest BCUT2D eigenvalue weighted by atomic mass is 10.2. The van der Waals surface area contributed by atoms with E-state index in [1.54, 1.807) is 18.0 Å². The van der Waals surface area contributed by atoms with E-state index in [0.717, 1.165) is 22.8 Å². The molecule has 1 heterocycles. The molecule has 0 aliphatic rings. The third-order valence-corrected chi connectivity index (χ3v) is 3.22. The van der Waals surface area contributed by atoms with Gasteiger partial charge in [-0.15, -0.1) is 11.8 Å². The molecule has 0 bridgehead atoms. The highest BCUT2D eigenvalue weighted by Gasteiger charge is 2.00. The Kier molecular flexibility index (Phi) is 3.02. The van der Waals surface area contributed by atoms with Crippen LogP contribution in [0, 0.1) is 6.92 Å². The van der Waals surface area contributed by atoms with Gasteiger partial charge in [-0.2, -0.15) is 0 Å². The van der Waals surface area contributed by atoms with Crippen molar-refractivity contribution in [2.75, 3.05) is 5.73 Å². The van der Waals surface area contributed by atoms with Gasteiger partial charge in [0, 0.05) is 10.6 Å². The van der Waals surface area contributed by atoms with Crippen LogP contribution in [0.5, 0.6) is 0 Å². The van der Waals surface area contributed by atoms with Gasteiger partial charge in [-0.25, -0.2) is 0 Å². The van der Waals surface area contributed by atoms with E-state index in [1.807, 2.05) is 31.2 Å². The van der Waals surface area contributed by atoms with Gasteiger partial charge in [-0.3, -0.25) is 0 Å². The van der Waals surface area contributed by atoms with Crippen molar-refractivity contribution in [3.63, 3.8) is 0 Å². The molecule has 2 nitrogen and oxygen atoms in total. The Morgan fingerprint density at radius 2 is 2.20 bits per heavy atom. The summed E-state index contributed by atoms with van der Waals surface area (Å²) in [6.45, 7) is 2.02. The fraction of sp³-hybridized carbons (Fsp3) is 0.167. The second-order valence-corrected chi connectivity index (χ2v) is 4.44. The topological polar surface area (TPSA) is 39.2 Å². The van der Waals surface area contributed by atoms with Crippen LogP contribution in [-0.4, -0.2) is 0 Å². The Morgan fingerprint density at radius 1 is 1.33 bits per heavy atom. The number of nitrogen functional groups attached to an aromatic ring is 1. The number of anilines is 1. The normalized spacial score (nSPS) is 10.5. The molecule has 3 heteroatoms. The van der Waals surface area contributed by atoms with E-state index in [0.29, 0.717) is 0 Å². The first kappa shape index (κ1) is 10.2. The number of benzene rings is 1. The minimum Gasteiger partial charge on any atom is -0.468 e. The minimum atomic E-state index is 0.845. The first-order valence-corrected chi connectivity index (χ1v) is 5.75. The molecule has 15 heavy (non-hydrogen) atoms. The number of aryl methyl sites for hydroxylation is 1. The van der Waals surface area contributed by atoms with E-state index in [2.05, 4.69) is 6.07 Å². The SMILES string of the molecule is Cc1cc(SCc2ccco2)ccc1N. The molecule has 0 amide bonds. The molecular weight excluding hydrogens is 206 g/mol. The van der Waals surface area contributed by atoms with E-state index in [-0.39, 0.29) is 0 Å². The smallest absolute Gasteiger partial charge is 0.113 e. The van der Waals surface area contributed by atoms with Gasteiger partial charge in [0.1, 0.15) is 5.76 Å². The zero-order valence-corrected chi connectivity index (χ0v) is 9.38. The highest BCUT2D eigenvalue weighted by atomic mass is 32.2. The van der Waals surface area contributed by atoms with Crippen molar-refractivity contribution in [1.29, 1.82) is 0 Å². The van der Waals surface area contributed by atoms with Crippen molar-refractivity contribution in [3.8, 4) is 0 Å². The van der Waals surface area contributed by atoms with Crippen LogP contribution in [0.1, 0.15) is 11.3 Å². The van der Waals surface area contributed by atoms with Crippen molar-refractivity contribution in [1.82, 2.24) is 0 Å². The lowest BCUT2D eigenvalue weighted by Gasteiger charge is -2.03. The average Bonchev–Trinajstić information content (AvgIpc) is 2.73. The van der Waals surface area contributed by atoms with Crippen LogP contribution in [0.25, 0.3) is 0 Å². The molecule has 78 valence electrons. The number of rotatable bonds is 3. The van der Waals surface area contributed by atoms with Crippen molar-refractivity contribution < 1.29 is 4.42 Å². The predicted octanol–water partition coefficient (Wildman–Crippen LogP) is 3.46. The molecule has 0 unspecified atom stereocenters. The summed E-state index contributed by atoms with van der Waals surface area (Å²) in [6.07, 6.45) is 1.70. The van der Waals surface area contributed by atoms with Crippen LogP contribution < -0.4 is 5.73 Å². The molecule has 2 aromatic rings. The summed E-state index contributed by atoms with van der Waals surface area (Å²) in [7, 11) is 0. The van der Waals surface area contributed by atoms with Gasteiger partial charge in [0.15, 0.2) is 0 Å². The number of nitrogens with two attached hydrogens (primary N) is 1. The average molecular weight is 219 g/mol. The zero-order chi connectivity index (χ0) is 10.7. The third-order valence-electron chi connectivity index (χ3n) is 2.20. The second-order valence-electron chi connectivity index (χ2n) is 3.39. The first-order valence-electron chi connectivity index (χ1n) is 4.77. The molecule has 1 aromatic carbocycles. The van der Waals surface area contributed by atoms with Crippen LogP contribution in [0.4, 0.5) is 5.69 Å². The molecule has 0 atom stereocenters. The number of hydrogen-bond acceptors (Lipinski definition) is 3. The highest BCUT2D eigenvalue weighted by molar-refractivity contribution is 7.98. The van der Waals surface area contributed by atoms with E-state index in [1.165, 1.54) is 4.90 Å². The van der Waals surface area contributed by atoms with Crippen molar-refractivity contribution in [2.24, 2.45) is 0 Å². The number of hydrogen-bond donors (Lipinski definition) is 1. The summed E-state index contributed by atoms with van der Waals surface area (Å²) in [4.78, 5) is 1.22. The largest absolute Gasteiger partial charge is 0.468 e. The summed E-state index contributed by atoms with van der Waals surface area (Å²) in [6, 6.07) is 9.97. The third kappa shape index (κ3) is 2.57. The zero-order valence-electron chi connectivity index (χ0n) is 8.57. The molecule has 1 aromatic heterocycles. The summed E-state index contributed by atoms with van der Waals surface area (Å²) in [5.41, 5.74) is 7.72. The Balaban J connectivity index is 2.02. The predicted molar refractivity (Wildman–Crippen MR) is 63.9 cm³/mol. The maximum atomic E-state index is 5.75. The molecule has 0 spiro atoms. The lowest BCUT2D eigenvalue weighted by molar-refractivity contribution is 0.530. The Morgan fingerprint density at radius 3 is 2.87 bits per heavy atom.